The standard InChI is InChI=1S/C13H14F3N3/c1-9-10(7-17-2)8-19(18-9)12-6-4-3-5-11(12)13(14,15)16/h3-6,8,17H,7H2,1-2H3. The van der Waals surface area contributed by atoms with Gasteiger partial charge in [0.25, 0.3) is 0 Å². The smallest absolute Gasteiger partial charge is 0.316 e. The zero-order chi connectivity index (χ0) is 14.0. The minimum atomic E-state index is -4.39. The SMILES string of the molecule is CNCc1cn(-c2ccccc2C(F)(F)F)nc1C. The number of nitrogens with one attached hydrogen (secondary N) is 1. The van der Waals surface area contributed by atoms with E-state index in [9.17, 15) is 13.2 Å². The molecule has 0 saturated heterocycles. The summed E-state index contributed by atoms with van der Waals surface area (Å²) in [5, 5.41) is 7.11. The van der Waals surface area contributed by atoms with Gasteiger partial charge in [0.15, 0.2) is 0 Å². The largest absolute Gasteiger partial charge is 0.418 e. The van der Waals surface area contributed by atoms with Crippen LogP contribution < -0.4 is 5.32 Å². The van der Waals surface area contributed by atoms with Gasteiger partial charge in [0, 0.05) is 18.3 Å². The predicted molar refractivity (Wildman–Crippen MR) is 66.1 cm³/mol. The van der Waals surface area contributed by atoms with Crippen molar-refractivity contribution in [3.05, 3.63) is 47.3 Å². The average Bonchev–Trinajstić information content (AvgIpc) is 2.70. The summed E-state index contributed by atoms with van der Waals surface area (Å²) < 4.78 is 40.1. The van der Waals surface area contributed by atoms with E-state index in [-0.39, 0.29) is 5.69 Å². The van der Waals surface area contributed by atoms with E-state index in [0.29, 0.717) is 12.2 Å². The number of para-hydroxylation sites is 1. The Balaban J connectivity index is 2.50. The second-order valence-corrected chi connectivity index (χ2v) is 4.23. The molecule has 19 heavy (non-hydrogen) atoms. The lowest BCUT2D eigenvalue weighted by molar-refractivity contribution is -0.137. The molecule has 2 rings (SSSR count). The molecule has 102 valence electrons. The summed E-state index contributed by atoms with van der Waals surface area (Å²) in [4.78, 5) is 0. The second-order valence-electron chi connectivity index (χ2n) is 4.23. The van der Waals surface area contributed by atoms with E-state index in [2.05, 4.69) is 10.4 Å². The van der Waals surface area contributed by atoms with E-state index in [1.54, 1.807) is 26.2 Å². The normalized spacial score (nSPS) is 11.8. The van der Waals surface area contributed by atoms with E-state index in [1.807, 2.05) is 0 Å². The van der Waals surface area contributed by atoms with Gasteiger partial charge < -0.3 is 5.32 Å². The molecule has 3 nitrogen and oxygen atoms in total. The fourth-order valence-corrected chi connectivity index (χ4v) is 1.90. The molecular formula is C13H14F3N3. The number of halogens is 3. The minimum Gasteiger partial charge on any atom is -0.316 e. The average molecular weight is 269 g/mol. The van der Waals surface area contributed by atoms with Crippen molar-refractivity contribution in [3.63, 3.8) is 0 Å². The van der Waals surface area contributed by atoms with Crippen molar-refractivity contribution < 1.29 is 13.2 Å². The maximum Gasteiger partial charge on any atom is 0.418 e. The third-order valence-corrected chi connectivity index (χ3v) is 2.82. The van der Waals surface area contributed by atoms with E-state index in [1.165, 1.54) is 16.8 Å². The number of hydrogen-bond acceptors (Lipinski definition) is 2. The van der Waals surface area contributed by atoms with Crippen LogP contribution in [0.1, 0.15) is 16.8 Å². The first-order chi connectivity index (χ1) is 8.93. The number of aryl methyl sites for hydroxylation is 1. The molecular weight excluding hydrogens is 255 g/mol. The molecule has 1 heterocycles. The summed E-state index contributed by atoms with van der Waals surface area (Å²) in [7, 11) is 1.78. The van der Waals surface area contributed by atoms with Crippen LogP contribution in [0.15, 0.2) is 30.5 Å². The first kappa shape index (κ1) is 13.6. The van der Waals surface area contributed by atoms with Crippen LogP contribution in [0, 0.1) is 6.92 Å². The molecule has 1 aromatic heterocycles. The molecule has 0 saturated carbocycles. The third kappa shape index (κ3) is 2.78. The summed E-state index contributed by atoms with van der Waals surface area (Å²) in [5.41, 5.74) is 0.944. The molecule has 1 N–H and O–H groups in total. The lowest BCUT2D eigenvalue weighted by atomic mass is 10.1. The first-order valence-electron chi connectivity index (χ1n) is 5.80. The van der Waals surface area contributed by atoms with Crippen molar-refractivity contribution in [2.45, 2.75) is 19.6 Å². The second kappa shape index (κ2) is 5.05. The highest BCUT2D eigenvalue weighted by molar-refractivity contribution is 5.43. The van der Waals surface area contributed by atoms with Gasteiger partial charge in [-0.2, -0.15) is 18.3 Å². The highest BCUT2D eigenvalue weighted by Gasteiger charge is 2.33. The van der Waals surface area contributed by atoms with Crippen molar-refractivity contribution >= 4 is 0 Å². The Bertz CT molecular complexity index is 573. The topological polar surface area (TPSA) is 29.9 Å². The lowest BCUT2D eigenvalue weighted by Gasteiger charge is -2.12. The highest BCUT2D eigenvalue weighted by atomic mass is 19.4. The van der Waals surface area contributed by atoms with Gasteiger partial charge >= 0.3 is 6.18 Å². The Kier molecular flexibility index (Phi) is 3.61. The Hall–Kier alpha value is -1.82. The Labute approximate surface area is 109 Å². The minimum absolute atomic E-state index is 0.0421. The third-order valence-electron chi connectivity index (χ3n) is 2.82. The molecule has 0 bridgehead atoms. The van der Waals surface area contributed by atoms with Gasteiger partial charge in [0.2, 0.25) is 0 Å². The maximum atomic E-state index is 12.9. The summed E-state index contributed by atoms with van der Waals surface area (Å²) in [6, 6.07) is 5.42. The van der Waals surface area contributed by atoms with Gasteiger partial charge in [-0.15, -0.1) is 0 Å². The molecule has 0 spiro atoms. The molecule has 1 aromatic carbocycles. The molecule has 0 fully saturated rings. The van der Waals surface area contributed by atoms with Crippen LogP contribution in [0.25, 0.3) is 5.69 Å². The van der Waals surface area contributed by atoms with Crippen LogP contribution in [0.3, 0.4) is 0 Å². The van der Waals surface area contributed by atoms with E-state index in [4.69, 9.17) is 0 Å². The van der Waals surface area contributed by atoms with Crippen LogP contribution in [-0.2, 0) is 12.7 Å². The van der Waals surface area contributed by atoms with Crippen molar-refractivity contribution in [2.75, 3.05) is 7.05 Å². The van der Waals surface area contributed by atoms with Crippen molar-refractivity contribution in [2.24, 2.45) is 0 Å². The Morgan fingerprint density at radius 3 is 2.58 bits per heavy atom. The van der Waals surface area contributed by atoms with Crippen molar-refractivity contribution in [1.29, 1.82) is 0 Å². The fourth-order valence-electron chi connectivity index (χ4n) is 1.90. The highest BCUT2D eigenvalue weighted by Crippen LogP contribution is 2.33. The molecule has 0 radical (unpaired) electrons. The van der Waals surface area contributed by atoms with Crippen molar-refractivity contribution in [3.8, 4) is 5.69 Å². The molecule has 0 amide bonds. The molecule has 0 aliphatic carbocycles. The quantitative estimate of drug-likeness (QED) is 0.928. The van der Waals surface area contributed by atoms with Gasteiger partial charge in [0.05, 0.1) is 16.9 Å². The number of hydrogen-bond donors (Lipinski definition) is 1. The maximum absolute atomic E-state index is 12.9. The van der Waals surface area contributed by atoms with Gasteiger partial charge in [-0.05, 0) is 26.1 Å². The van der Waals surface area contributed by atoms with E-state index in [0.717, 1.165) is 11.6 Å². The van der Waals surface area contributed by atoms with Crippen LogP contribution in [0.4, 0.5) is 13.2 Å². The predicted octanol–water partition coefficient (Wildman–Crippen LogP) is 2.92. The number of rotatable bonds is 3. The van der Waals surface area contributed by atoms with Gasteiger partial charge in [-0.3, -0.25) is 0 Å². The molecule has 0 unspecified atom stereocenters. The summed E-state index contributed by atoms with van der Waals surface area (Å²) in [6.45, 7) is 2.35. The zero-order valence-electron chi connectivity index (χ0n) is 10.6. The Morgan fingerprint density at radius 1 is 1.26 bits per heavy atom. The van der Waals surface area contributed by atoms with Gasteiger partial charge in [-0.1, -0.05) is 12.1 Å². The zero-order valence-corrected chi connectivity index (χ0v) is 10.6. The van der Waals surface area contributed by atoms with Gasteiger partial charge in [0.1, 0.15) is 0 Å². The van der Waals surface area contributed by atoms with Gasteiger partial charge in [-0.25, -0.2) is 4.68 Å². The first-order valence-corrected chi connectivity index (χ1v) is 5.80. The Morgan fingerprint density at radius 2 is 1.95 bits per heavy atom. The van der Waals surface area contributed by atoms with Crippen LogP contribution in [0.5, 0.6) is 0 Å². The summed E-state index contributed by atoms with van der Waals surface area (Å²) in [5.74, 6) is 0. The summed E-state index contributed by atoms with van der Waals surface area (Å²) in [6.07, 6.45) is -2.77. The lowest BCUT2D eigenvalue weighted by Crippen LogP contribution is -2.11. The number of nitrogens with zero attached hydrogens (tertiary/aromatic N) is 2. The monoisotopic (exact) mass is 269 g/mol. The van der Waals surface area contributed by atoms with Crippen LogP contribution >= 0.6 is 0 Å². The molecule has 6 heteroatoms. The van der Waals surface area contributed by atoms with Crippen LogP contribution in [0.2, 0.25) is 0 Å². The van der Waals surface area contributed by atoms with Crippen LogP contribution in [-0.4, -0.2) is 16.8 Å². The molecule has 2 aromatic rings. The molecule has 0 aliphatic heterocycles. The fraction of sp³-hybridized carbons (Fsp3) is 0.308. The number of alkyl halides is 3. The van der Waals surface area contributed by atoms with E-state index >= 15 is 0 Å². The van der Waals surface area contributed by atoms with Crippen molar-refractivity contribution in [1.82, 2.24) is 15.1 Å². The van der Waals surface area contributed by atoms with E-state index < -0.39 is 11.7 Å². The number of benzene rings is 1. The molecule has 0 atom stereocenters. The molecule has 0 aliphatic rings. The summed E-state index contributed by atoms with van der Waals surface area (Å²) >= 11 is 0. The number of aromatic nitrogens is 2.